The zero-order valence-electron chi connectivity index (χ0n) is 7.46. The van der Waals surface area contributed by atoms with Gasteiger partial charge in [0.15, 0.2) is 0 Å². The molecule has 0 aliphatic carbocycles. The van der Waals surface area contributed by atoms with Crippen molar-refractivity contribution in [2.45, 2.75) is 13.0 Å². The topological polar surface area (TPSA) is 38.0 Å². The van der Waals surface area contributed by atoms with Crippen molar-refractivity contribution >= 4 is 0 Å². The van der Waals surface area contributed by atoms with Gasteiger partial charge in [0.2, 0.25) is 0 Å². The summed E-state index contributed by atoms with van der Waals surface area (Å²) in [5, 5.41) is 3.32. The van der Waals surface area contributed by atoms with Crippen LogP contribution in [-0.2, 0) is 0 Å². The molecule has 1 unspecified atom stereocenters. The third-order valence-corrected chi connectivity index (χ3v) is 1.89. The van der Waals surface area contributed by atoms with E-state index in [0.29, 0.717) is 12.6 Å². The first-order valence-electron chi connectivity index (χ1n) is 4.37. The summed E-state index contributed by atoms with van der Waals surface area (Å²) in [6.45, 7) is 3.69. The third kappa shape index (κ3) is 2.32. The first-order valence-corrected chi connectivity index (χ1v) is 4.37. The molecule has 66 valence electrons. The first-order chi connectivity index (χ1) is 5.88. The number of rotatable bonds is 4. The van der Waals surface area contributed by atoms with Crippen LogP contribution in [0.3, 0.4) is 0 Å². The van der Waals surface area contributed by atoms with Crippen LogP contribution in [0.1, 0.15) is 18.5 Å². The van der Waals surface area contributed by atoms with Gasteiger partial charge in [0.1, 0.15) is 0 Å². The summed E-state index contributed by atoms with van der Waals surface area (Å²) in [5.41, 5.74) is 6.89. The minimum atomic E-state index is 0.302. The Balaban J connectivity index is 2.66. The predicted octanol–water partition coefficient (Wildman–Crippen LogP) is 1.30. The van der Waals surface area contributed by atoms with Crippen molar-refractivity contribution < 1.29 is 0 Å². The van der Waals surface area contributed by atoms with Gasteiger partial charge in [-0.15, -0.1) is 0 Å². The van der Waals surface area contributed by atoms with Crippen molar-refractivity contribution in [2.75, 3.05) is 13.1 Å². The zero-order chi connectivity index (χ0) is 8.81. The average Bonchev–Trinajstić information content (AvgIpc) is 2.15. The van der Waals surface area contributed by atoms with Crippen molar-refractivity contribution in [1.82, 2.24) is 5.32 Å². The van der Waals surface area contributed by atoms with E-state index in [1.807, 2.05) is 18.2 Å². The van der Waals surface area contributed by atoms with E-state index in [9.17, 15) is 0 Å². The molecule has 1 aromatic rings. The van der Waals surface area contributed by atoms with Crippen molar-refractivity contribution in [1.29, 1.82) is 0 Å². The summed E-state index contributed by atoms with van der Waals surface area (Å²) in [6.07, 6.45) is 0. The molecule has 0 aliphatic rings. The van der Waals surface area contributed by atoms with Gasteiger partial charge in [0.05, 0.1) is 0 Å². The summed E-state index contributed by atoms with van der Waals surface area (Å²) in [6, 6.07) is 10.6. The van der Waals surface area contributed by atoms with E-state index in [0.717, 1.165) is 6.54 Å². The van der Waals surface area contributed by atoms with E-state index < -0.39 is 0 Å². The molecule has 0 radical (unpaired) electrons. The standard InChI is InChI=1S/C10H16N2/c1-2-12-10(8-11)9-6-4-3-5-7-9/h3-7,10,12H,2,8,11H2,1H3. The Morgan fingerprint density at radius 2 is 2.00 bits per heavy atom. The smallest absolute Gasteiger partial charge is 0.0444 e. The van der Waals surface area contributed by atoms with E-state index in [2.05, 4.69) is 24.4 Å². The molecule has 0 saturated carbocycles. The molecular formula is C10H16N2. The van der Waals surface area contributed by atoms with Gasteiger partial charge >= 0.3 is 0 Å². The van der Waals surface area contributed by atoms with Gasteiger partial charge < -0.3 is 11.1 Å². The van der Waals surface area contributed by atoms with Gasteiger partial charge in [0.25, 0.3) is 0 Å². The molecule has 0 fully saturated rings. The Hall–Kier alpha value is -0.860. The number of benzene rings is 1. The second-order valence-electron chi connectivity index (χ2n) is 2.76. The minimum Gasteiger partial charge on any atom is -0.329 e. The van der Waals surface area contributed by atoms with Crippen LogP contribution in [0.5, 0.6) is 0 Å². The van der Waals surface area contributed by atoms with E-state index in [1.165, 1.54) is 5.56 Å². The van der Waals surface area contributed by atoms with Crippen LogP contribution in [0.4, 0.5) is 0 Å². The molecule has 0 amide bonds. The molecule has 0 spiro atoms. The van der Waals surface area contributed by atoms with E-state index in [1.54, 1.807) is 0 Å². The fourth-order valence-corrected chi connectivity index (χ4v) is 1.27. The molecule has 12 heavy (non-hydrogen) atoms. The maximum Gasteiger partial charge on any atom is 0.0444 e. The summed E-state index contributed by atoms with van der Waals surface area (Å²) in [4.78, 5) is 0. The Morgan fingerprint density at radius 1 is 1.33 bits per heavy atom. The fourth-order valence-electron chi connectivity index (χ4n) is 1.27. The third-order valence-electron chi connectivity index (χ3n) is 1.89. The van der Waals surface area contributed by atoms with Crippen LogP contribution >= 0.6 is 0 Å². The van der Waals surface area contributed by atoms with E-state index in [-0.39, 0.29) is 0 Å². The average molecular weight is 164 g/mol. The van der Waals surface area contributed by atoms with Crippen LogP contribution in [0.2, 0.25) is 0 Å². The van der Waals surface area contributed by atoms with E-state index in [4.69, 9.17) is 5.73 Å². The van der Waals surface area contributed by atoms with Gasteiger partial charge in [-0.3, -0.25) is 0 Å². The summed E-state index contributed by atoms with van der Waals surface area (Å²) in [5.74, 6) is 0. The van der Waals surface area contributed by atoms with E-state index >= 15 is 0 Å². The maximum absolute atomic E-state index is 5.63. The molecule has 3 N–H and O–H groups in total. The lowest BCUT2D eigenvalue weighted by Gasteiger charge is -2.15. The maximum atomic E-state index is 5.63. The molecule has 0 aliphatic heterocycles. The van der Waals surface area contributed by atoms with Crippen molar-refractivity contribution in [3.05, 3.63) is 35.9 Å². The lowest BCUT2D eigenvalue weighted by molar-refractivity contribution is 0.562. The van der Waals surface area contributed by atoms with Crippen LogP contribution in [0, 0.1) is 0 Å². The molecule has 0 heterocycles. The van der Waals surface area contributed by atoms with Gasteiger partial charge in [-0.05, 0) is 12.1 Å². The highest BCUT2D eigenvalue weighted by Crippen LogP contribution is 2.09. The van der Waals surface area contributed by atoms with Crippen LogP contribution < -0.4 is 11.1 Å². The summed E-state index contributed by atoms with van der Waals surface area (Å²) >= 11 is 0. The summed E-state index contributed by atoms with van der Waals surface area (Å²) in [7, 11) is 0. The van der Waals surface area contributed by atoms with Gasteiger partial charge in [-0.1, -0.05) is 37.3 Å². The molecular weight excluding hydrogens is 148 g/mol. The Bertz CT molecular complexity index is 208. The Morgan fingerprint density at radius 3 is 2.50 bits per heavy atom. The zero-order valence-corrected chi connectivity index (χ0v) is 7.46. The second-order valence-corrected chi connectivity index (χ2v) is 2.76. The molecule has 2 nitrogen and oxygen atoms in total. The fraction of sp³-hybridized carbons (Fsp3) is 0.400. The highest BCUT2D eigenvalue weighted by Gasteiger charge is 2.05. The van der Waals surface area contributed by atoms with Gasteiger partial charge in [-0.25, -0.2) is 0 Å². The normalized spacial score (nSPS) is 12.8. The monoisotopic (exact) mass is 164 g/mol. The SMILES string of the molecule is CCNC(CN)c1ccccc1. The molecule has 0 saturated heterocycles. The lowest BCUT2D eigenvalue weighted by atomic mass is 10.1. The molecule has 2 heteroatoms. The van der Waals surface area contributed by atoms with Crippen molar-refractivity contribution in [3.8, 4) is 0 Å². The Kier molecular flexibility index (Phi) is 3.77. The lowest BCUT2D eigenvalue weighted by Crippen LogP contribution is -2.27. The van der Waals surface area contributed by atoms with Crippen LogP contribution in [0.25, 0.3) is 0 Å². The highest BCUT2D eigenvalue weighted by atomic mass is 14.9. The quantitative estimate of drug-likeness (QED) is 0.704. The largest absolute Gasteiger partial charge is 0.329 e. The molecule has 0 bridgehead atoms. The number of nitrogens with one attached hydrogen (secondary N) is 1. The predicted molar refractivity (Wildman–Crippen MR) is 51.9 cm³/mol. The van der Waals surface area contributed by atoms with Gasteiger partial charge in [0, 0.05) is 12.6 Å². The minimum absolute atomic E-state index is 0.302. The van der Waals surface area contributed by atoms with Crippen LogP contribution in [-0.4, -0.2) is 13.1 Å². The molecule has 1 atom stereocenters. The van der Waals surface area contributed by atoms with Crippen molar-refractivity contribution in [2.24, 2.45) is 5.73 Å². The number of likely N-dealkylation sites (N-methyl/N-ethyl adjacent to an activating group) is 1. The first kappa shape index (κ1) is 9.23. The van der Waals surface area contributed by atoms with Gasteiger partial charge in [-0.2, -0.15) is 0 Å². The molecule has 1 rings (SSSR count). The number of hydrogen-bond donors (Lipinski definition) is 2. The Labute approximate surface area is 73.8 Å². The highest BCUT2D eigenvalue weighted by molar-refractivity contribution is 5.18. The summed E-state index contributed by atoms with van der Waals surface area (Å²) < 4.78 is 0. The number of hydrogen-bond acceptors (Lipinski definition) is 2. The van der Waals surface area contributed by atoms with Crippen molar-refractivity contribution in [3.63, 3.8) is 0 Å². The number of nitrogens with two attached hydrogens (primary N) is 1. The molecule has 0 aromatic heterocycles. The molecule has 1 aromatic carbocycles. The second kappa shape index (κ2) is 4.91. The van der Waals surface area contributed by atoms with Crippen LogP contribution in [0.15, 0.2) is 30.3 Å².